The molecule has 0 fully saturated rings. The predicted molar refractivity (Wildman–Crippen MR) is 68.2 cm³/mol. The van der Waals surface area contributed by atoms with Gasteiger partial charge in [-0.25, -0.2) is 0 Å². The average molecular weight is 266 g/mol. The summed E-state index contributed by atoms with van der Waals surface area (Å²) >= 11 is 0. The van der Waals surface area contributed by atoms with Gasteiger partial charge < -0.3 is 25.2 Å². The van der Waals surface area contributed by atoms with Crippen LogP contribution in [0.4, 0.5) is 0 Å². The molecule has 0 amide bonds. The number of aliphatic hydroxyl groups excluding tert-OH is 3. The maximum Gasteiger partial charge on any atom is 0.134 e. The minimum absolute atomic E-state index is 0.163. The fourth-order valence-electron chi connectivity index (χ4n) is 2.00. The van der Waals surface area contributed by atoms with E-state index in [-0.39, 0.29) is 6.61 Å². The van der Waals surface area contributed by atoms with Gasteiger partial charge in [0.1, 0.15) is 23.9 Å². The van der Waals surface area contributed by atoms with Crippen LogP contribution in [-0.2, 0) is 11.3 Å². The molecule has 4 N–H and O–H groups in total. The first kappa shape index (κ1) is 14.2. The van der Waals surface area contributed by atoms with Crippen molar-refractivity contribution in [2.45, 2.75) is 30.5 Å². The zero-order chi connectivity index (χ0) is 13.9. The van der Waals surface area contributed by atoms with Crippen LogP contribution in [0.2, 0.25) is 0 Å². The Morgan fingerprint density at radius 1 is 1.11 bits per heavy atom. The van der Waals surface area contributed by atoms with Gasteiger partial charge in [-0.1, -0.05) is 36.4 Å². The Morgan fingerprint density at radius 2 is 1.79 bits per heavy atom. The maximum atomic E-state index is 10.2. The van der Waals surface area contributed by atoms with E-state index in [1.165, 1.54) is 12.2 Å². The third-order valence-corrected chi connectivity index (χ3v) is 3.21. The number of rotatable bonds is 4. The van der Waals surface area contributed by atoms with Gasteiger partial charge >= 0.3 is 0 Å². The van der Waals surface area contributed by atoms with Crippen molar-refractivity contribution in [3.63, 3.8) is 0 Å². The summed E-state index contributed by atoms with van der Waals surface area (Å²) in [6, 6.07) is 9.42. The average Bonchev–Trinajstić information content (AvgIpc) is 2.43. The molecule has 1 aliphatic rings. The first-order valence-corrected chi connectivity index (χ1v) is 6.10. The van der Waals surface area contributed by atoms with Gasteiger partial charge in [-0.3, -0.25) is 0 Å². The van der Waals surface area contributed by atoms with E-state index in [2.05, 4.69) is 0 Å². The van der Waals surface area contributed by atoms with Crippen molar-refractivity contribution in [2.24, 2.45) is 0 Å². The minimum Gasteiger partial charge on any atom is -0.387 e. The second kappa shape index (κ2) is 5.81. The molecule has 0 heterocycles. The normalized spacial score (nSPS) is 34.4. The highest BCUT2D eigenvalue weighted by Gasteiger charge is 2.43. The Labute approximate surface area is 111 Å². The number of hydrogen-bond donors (Lipinski definition) is 4. The molecule has 0 saturated carbocycles. The molecule has 0 aliphatic heterocycles. The van der Waals surface area contributed by atoms with Gasteiger partial charge in [0.05, 0.1) is 13.2 Å². The number of aliphatic hydroxyl groups is 4. The van der Waals surface area contributed by atoms with Crippen LogP contribution in [0.25, 0.3) is 0 Å². The lowest BCUT2D eigenvalue weighted by molar-refractivity contribution is -0.157. The summed E-state index contributed by atoms with van der Waals surface area (Å²) in [6.07, 6.45) is -1.56. The minimum atomic E-state index is -1.69. The van der Waals surface area contributed by atoms with E-state index in [1.54, 1.807) is 0 Å². The molecule has 5 nitrogen and oxygen atoms in total. The highest BCUT2D eigenvalue weighted by molar-refractivity contribution is 5.17. The Kier molecular flexibility index (Phi) is 4.34. The zero-order valence-electron chi connectivity index (χ0n) is 10.4. The van der Waals surface area contributed by atoms with E-state index in [1.807, 2.05) is 30.3 Å². The van der Waals surface area contributed by atoms with Crippen LogP contribution in [0, 0.1) is 0 Å². The molecule has 0 bridgehead atoms. The first-order chi connectivity index (χ1) is 9.03. The van der Waals surface area contributed by atoms with Gasteiger partial charge in [-0.15, -0.1) is 0 Å². The van der Waals surface area contributed by atoms with Crippen LogP contribution in [0.3, 0.4) is 0 Å². The van der Waals surface area contributed by atoms with Gasteiger partial charge in [0.25, 0.3) is 0 Å². The molecule has 4 atom stereocenters. The summed E-state index contributed by atoms with van der Waals surface area (Å²) < 4.78 is 5.36. The van der Waals surface area contributed by atoms with Crippen LogP contribution in [0.1, 0.15) is 5.56 Å². The van der Waals surface area contributed by atoms with E-state index >= 15 is 0 Å². The molecule has 19 heavy (non-hydrogen) atoms. The van der Waals surface area contributed by atoms with Crippen LogP contribution in [0.5, 0.6) is 0 Å². The molecule has 4 unspecified atom stereocenters. The molecule has 0 radical (unpaired) electrons. The van der Waals surface area contributed by atoms with E-state index in [0.29, 0.717) is 6.61 Å². The number of hydrogen-bond acceptors (Lipinski definition) is 5. The Morgan fingerprint density at radius 3 is 2.47 bits per heavy atom. The lowest BCUT2D eigenvalue weighted by Crippen LogP contribution is -2.56. The van der Waals surface area contributed by atoms with Crippen molar-refractivity contribution in [3.8, 4) is 0 Å². The first-order valence-electron chi connectivity index (χ1n) is 6.10. The Bertz CT molecular complexity index is 433. The standard InChI is InChI=1S/C14H18O5/c15-11-6-7-14(18,13(17)12(11)16)9-19-8-10-4-2-1-3-5-10/h1-7,11-13,15-18H,8-9H2. The summed E-state index contributed by atoms with van der Waals surface area (Å²) in [6.45, 7) is 0.131. The monoisotopic (exact) mass is 266 g/mol. The predicted octanol–water partition coefficient (Wildman–Crippen LogP) is -0.413. The van der Waals surface area contributed by atoms with Crippen molar-refractivity contribution in [1.82, 2.24) is 0 Å². The van der Waals surface area contributed by atoms with E-state index in [9.17, 15) is 20.4 Å². The van der Waals surface area contributed by atoms with Crippen molar-refractivity contribution in [2.75, 3.05) is 6.61 Å². The lowest BCUT2D eigenvalue weighted by Gasteiger charge is -2.37. The van der Waals surface area contributed by atoms with Crippen molar-refractivity contribution in [3.05, 3.63) is 48.0 Å². The topological polar surface area (TPSA) is 90.2 Å². The van der Waals surface area contributed by atoms with Crippen molar-refractivity contribution < 1.29 is 25.2 Å². The van der Waals surface area contributed by atoms with Gasteiger partial charge in [-0.2, -0.15) is 0 Å². The molecular weight excluding hydrogens is 248 g/mol. The second-order valence-electron chi connectivity index (χ2n) is 4.75. The van der Waals surface area contributed by atoms with Crippen molar-refractivity contribution >= 4 is 0 Å². The maximum absolute atomic E-state index is 10.2. The molecule has 0 aromatic heterocycles. The van der Waals surface area contributed by atoms with Gasteiger partial charge in [-0.05, 0) is 11.6 Å². The van der Waals surface area contributed by atoms with Crippen LogP contribution >= 0.6 is 0 Å². The van der Waals surface area contributed by atoms with Crippen molar-refractivity contribution in [1.29, 1.82) is 0 Å². The molecule has 2 rings (SSSR count). The third kappa shape index (κ3) is 3.20. The molecular formula is C14H18O5. The van der Waals surface area contributed by atoms with Gasteiger partial charge in [0, 0.05) is 0 Å². The number of benzene rings is 1. The summed E-state index contributed by atoms with van der Waals surface area (Å²) in [5.41, 5.74) is -0.742. The van der Waals surface area contributed by atoms with E-state index in [0.717, 1.165) is 5.56 Å². The summed E-state index contributed by atoms with van der Waals surface area (Å²) in [5, 5.41) is 38.8. The highest BCUT2D eigenvalue weighted by Crippen LogP contribution is 2.24. The molecule has 1 aliphatic carbocycles. The Balaban J connectivity index is 1.93. The molecule has 104 valence electrons. The van der Waals surface area contributed by atoms with Crippen LogP contribution < -0.4 is 0 Å². The molecule has 1 aromatic rings. The highest BCUT2D eigenvalue weighted by atomic mass is 16.5. The van der Waals surface area contributed by atoms with Gasteiger partial charge in [0.2, 0.25) is 0 Å². The molecule has 5 heteroatoms. The number of ether oxygens (including phenoxy) is 1. The fraction of sp³-hybridized carbons (Fsp3) is 0.429. The van der Waals surface area contributed by atoms with E-state index < -0.39 is 23.9 Å². The fourth-order valence-corrected chi connectivity index (χ4v) is 2.00. The SMILES string of the molecule is OC1C=CC(O)(COCc2ccccc2)C(O)C1O. The Hall–Kier alpha value is -1.24. The molecule has 1 aromatic carbocycles. The summed E-state index contributed by atoms with van der Waals surface area (Å²) in [4.78, 5) is 0. The quantitative estimate of drug-likeness (QED) is 0.556. The van der Waals surface area contributed by atoms with Crippen LogP contribution in [0.15, 0.2) is 42.5 Å². The van der Waals surface area contributed by atoms with Crippen LogP contribution in [-0.4, -0.2) is 50.9 Å². The molecule has 0 spiro atoms. The smallest absolute Gasteiger partial charge is 0.134 e. The zero-order valence-corrected chi connectivity index (χ0v) is 10.4. The molecule has 0 saturated heterocycles. The summed E-state index contributed by atoms with van der Waals surface area (Å²) in [5.74, 6) is 0. The third-order valence-electron chi connectivity index (χ3n) is 3.21. The summed E-state index contributed by atoms with van der Waals surface area (Å²) in [7, 11) is 0. The largest absolute Gasteiger partial charge is 0.387 e. The second-order valence-corrected chi connectivity index (χ2v) is 4.75. The van der Waals surface area contributed by atoms with Gasteiger partial charge in [0.15, 0.2) is 0 Å². The lowest BCUT2D eigenvalue weighted by atomic mass is 9.85. The van der Waals surface area contributed by atoms with E-state index in [4.69, 9.17) is 4.74 Å².